The molecule has 120 valence electrons. The number of sulfone groups is 1. The summed E-state index contributed by atoms with van der Waals surface area (Å²) in [7, 11) is -1.33. The third-order valence-corrected chi connectivity index (χ3v) is 4.77. The van der Waals surface area contributed by atoms with Crippen molar-refractivity contribution in [2.75, 3.05) is 38.4 Å². The zero-order chi connectivity index (χ0) is 15.7. The molecule has 1 rings (SSSR count). The van der Waals surface area contributed by atoms with Crippen LogP contribution in [0.4, 0.5) is 0 Å². The Labute approximate surface area is 127 Å². The van der Waals surface area contributed by atoms with Crippen molar-refractivity contribution in [2.24, 2.45) is 0 Å². The van der Waals surface area contributed by atoms with Crippen molar-refractivity contribution in [1.29, 1.82) is 0 Å². The van der Waals surface area contributed by atoms with Crippen LogP contribution in [0.5, 0.6) is 5.75 Å². The van der Waals surface area contributed by atoms with E-state index in [4.69, 9.17) is 9.47 Å². The summed E-state index contributed by atoms with van der Waals surface area (Å²) in [6.45, 7) is 5.92. The highest BCUT2D eigenvalue weighted by Crippen LogP contribution is 2.20. The highest BCUT2D eigenvalue weighted by atomic mass is 32.2. The standard InChI is InChI=1S/C15H25NO4S/c1-4-21(17,18)10-9-20-15-6-5-13(2)11-14(15)12-16-7-8-19-3/h5-6,11,16H,4,7-10,12H2,1-3H3. The summed E-state index contributed by atoms with van der Waals surface area (Å²) in [6.07, 6.45) is 0. The van der Waals surface area contributed by atoms with E-state index in [2.05, 4.69) is 5.32 Å². The Balaban J connectivity index is 2.59. The monoisotopic (exact) mass is 315 g/mol. The minimum absolute atomic E-state index is 0.0495. The van der Waals surface area contributed by atoms with E-state index in [1.54, 1.807) is 14.0 Å². The third-order valence-electron chi connectivity index (χ3n) is 3.11. The van der Waals surface area contributed by atoms with Crippen LogP contribution in [0.3, 0.4) is 0 Å². The molecule has 1 aromatic rings. The van der Waals surface area contributed by atoms with Crippen LogP contribution in [-0.4, -0.2) is 46.8 Å². The van der Waals surface area contributed by atoms with Crippen LogP contribution < -0.4 is 10.1 Å². The maximum absolute atomic E-state index is 11.5. The third kappa shape index (κ3) is 6.93. The van der Waals surface area contributed by atoms with Crippen LogP contribution in [-0.2, 0) is 21.1 Å². The number of ether oxygens (including phenoxy) is 2. The van der Waals surface area contributed by atoms with Gasteiger partial charge in [-0.15, -0.1) is 0 Å². The highest BCUT2D eigenvalue weighted by Gasteiger charge is 2.09. The van der Waals surface area contributed by atoms with Crippen LogP contribution in [0.1, 0.15) is 18.1 Å². The van der Waals surface area contributed by atoms with Gasteiger partial charge in [0.25, 0.3) is 0 Å². The lowest BCUT2D eigenvalue weighted by molar-refractivity contribution is 0.199. The van der Waals surface area contributed by atoms with Crippen molar-refractivity contribution >= 4 is 9.84 Å². The average molecular weight is 315 g/mol. The fourth-order valence-corrected chi connectivity index (χ4v) is 2.43. The Morgan fingerprint density at radius 3 is 2.67 bits per heavy atom. The molecule has 0 bridgehead atoms. The molecule has 0 aliphatic heterocycles. The first-order chi connectivity index (χ1) is 9.98. The SMILES string of the molecule is CCS(=O)(=O)CCOc1ccc(C)cc1CNCCOC. The molecule has 0 unspecified atom stereocenters. The van der Waals surface area contributed by atoms with Crippen molar-refractivity contribution in [3.05, 3.63) is 29.3 Å². The predicted octanol–water partition coefficient (Wildman–Crippen LogP) is 1.54. The maximum atomic E-state index is 11.5. The quantitative estimate of drug-likeness (QED) is 0.664. The first kappa shape index (κ1) is 17.9. The second-order valence-electron chi connectivity index (χ2n) is 4.87. The molecule has 0 saturated heterocycles. The lowest BCUT2D eigenvalue weighted by Gasteiger charge is -2.13. The molecule has 0 radical (unpaired) electrons. The Hall–Kier alpha value is -1.11. The van der Waals surface area contributed by atoms with E-state index in [0.717, 1.165) is 23.4 Å². The number of methoxy groups -OCH3 is 1. The van der Waals surface area contributed by atoms with Crippen molar-refractivity contribution in [3.63, 3.8) is 0 Å². The number of rotatable bonds is 10. The van der Waals surface area contributed by atoms with Gasteiger partial charge in [-0.05, 0) is 13.0 Å². The molecule has 0 spiro atoms. The van der Waals surface area contributed by atoms with Gasteiger partial charge < -0.3 is 14.8 Å². The van der Waals surface area contributed by atoms with Crippen LogP contribution in [0, 0.1) is 6.92 Å². The number of aryl methyl sites for hydroxylation is 1. The molecule has 0 fully saturated rings. The van der Waals surface area contributed by atoms with Crippen LogP contribution in [0.25, 0.3) is 0 Å². The number of nitrogens with one attached hydrogen (secondary N) is 1. The summed E-state index contributed by atoms with van der Waals surface area (Å²) in [5.74, 6) is 0.931. The molecule has 0 amide bonds. The second kappa shape index (κ2) is 9.02. The predicted molar refractivity (Wildman–Crippen MR) is 84.6 cm³/mol. The summed E-state index contributed by atoms with van der Waals surface area (Å²) in [5.41, 5.74) is 2.17. The average Bonchev–Trinajstić information content (AvgIpc) is 2.45. The Kier molecular flexibility index (Phi) is 7.71. The first-order valence-electron chi connectivity index (χ1n) is 7.11. The fraction of sp³-hybridized carbons (Fsp3) is 0.600. The molecule has 0 aromatic heterocycles. The first-order valence-corrected chi connectivity index (χ1v) is 8.93. The van der Waals surface area contributed by atoms with Crippen LogP contribution in [0.15, 0.2) is 18.2 Å². The largest absolute Gasteiger partial charge is 0.492 e. The molecule has 0 heterocycles. The van der Waals surface area contributed by atoms with E-state index in [9.17, 15) is 8.42 Å². The van der Waals surface area contributed by atoms with Gasteiger partial charge >= 0.3 is 0 Å². The molecule has 0 atom stereocenters. The molecule has 1 N–H and O–H groups in total. The molecule has 0 saturated carbocycles. The Morgan fingerprint density at radius 1 is 1.24 bits per heavy atom. The molecule has 0 aliphatic rings. The van der Waals surface area contributed by atoms with E-state index >= 15 is 0 Å². The molecule has 5 nitrogen and oxygen atoms in total. The van der Waals surface area contributed by atoms with Gasteiger partial charge in [-0.25, -0.2) is 8.42 Å². The van der Waals surface area contributed by atoms with Crippen molar-refractivity contribution < 1.29 is 17.9 Å². The van der Waals surface area contributed by atoms with E-state index in [-0.39, 0.29) is 18.1 Å². The number of hydrogen-bond donors (Lipinski definition) is 1. The molecule has 6 heteroatoms. The Morgan fingerprint density at radius 2 is 2.00 bits per heavy atom. The molecular formula is C15H25NO4S. The Bertz CT molecular complexity index is 528. The lowest BCUT2D eigenvalue weighted by atomic mass is 10.1. The topological polar surface area (TPSA) is 64.6 Å². The zero-order valence-electron chi connectivity index (χ0n) is 13.0. The van der Waals surface area contributed by atoms with Gasteiger partial charge in [-0.2, -0.15) is 0 Å². The summed E-state index contributed by atoms with van der Waals surface area (Å²) in [5, 5.41) is 3.26. The van der Waals surface area contributed by atoms with Gasteiger partial charge in [-0.3, -0.25) is 0 Å². The van der Waals surface area contributed by atoms with Gasteiger partial charge in [0, 0.05) is 31.5 Å². The highest BCUT2D eigenvalue weighted by molar-refractivity contribution is 7.91. The lowest BCUT2D eigenvalue weighted by Crippen LogP contribution is -2.20. The minimum Gasteiger partial charge on any atom is -0.492 e. The minimum atomic E-state index is -2.99. The van der Waals surface area contributed by atoms with Crippen LogP contribution >= 0.6 is 0 Å². The van der Waals surface area contributed by atoms with E-state index < -0.39 is 9.84 Å². The number of benzene rings is 1. The summed E-state index contributed by atoms with van der Waals surface area (Å²) < 4.78 is 33.6. The maximum Gasteiger partial charge on any atom is 0.153 e. The number of hydrogen-bond acceptors (Lipinski definition) is 5. The van der Waals surface area contributed by atoms with Crippen molar-refractivity contribution in [1.82, 2.24) is 5.32 Å². The van der Waals surface area contributed by atoms with E-state index in [1.807, 2.05) is 25.1 Å². The van der Waals surface area contributed by atoms with Gasteiger partial charge in [-0.1, -0.05) is 24.6 Å². The van der Waals surface area contributed by atoms with Gasteiger partial charge in [0.15, 0.2) is 9.84 Å². The van der Waals surface area contributed by atoms with Gasteiger partial charge in [0.05, 0.1) is 12.4 Å². The summed E-state index contributed by atoms with van der Waals surface area (Å²) in [6, 6.07) is 5.90. The normalized spacial score (nSPS) is 11.6. The molecule has 21 heavy (non-hydrogen) atoms. The fourth-order valence-electron chi connectivity index (χ4n) is 1.81. The summed E-state index contributed by atoms with van der Waals surface area (Å²) >= 11 is 0. The van der Waals surface area contributed by atoms with E-state index in [1.165, 1.54) is 0 Å². The van der Waals surface area contributed by atoms with Gasteiger partial charge in [0.1, 0.15) is 12.4 Å². The second-order valence-corrected chi connectivity index (χ2v) is 7.34. The summed E-state index contributed by atoms with van der Waals surface area (Å²) in [4.78, 5) is 0. The van der Waals surface area contributed by atoms with Gasteiger partial charge in [0.2, 0.25) is 0 Å². The van der Waals surface area contributed by atoms with Crippen molar-refractivity contribution in [3.8, 4) is 5.75 Å². The van der Waals surface area contributed by atoms with E-state index in [0.29, 0.717) is 13.2 Å². The van der Waals surface area contributed by atoms with Crippen molar-refractivity contribution in [2.45, 2.75) is 20.4 Å². The smallest absolute Gasteiger partial charge is 0.153 e. The van der Waals surface area contributed by atoms with Crippen LogP contribution in [0.2, 0.25) is 0 Å². The molecule has 1 aromatic carbocycles. The zero-order valence-corrected chi connectivity index (χ0v) is 13.8. The molecular weight excluding hydrogens is 290 g/mol. The molecule has 0 aliphatic carbocycles.